The van der Waals surface area contributed by atoms with Crippen LogP contribution in [0.25, 0.3) is 0 Å². The van der Waals surface area contributed by atoms with Crippen LogP contribution in [0.4, 0.5) is 0 Å². The first-order chi connectivity index (χ1) is 15.2. The zero-order valence-corrected chi connectivity index (χ0v) is 19.9. The highest BCUT2D eigenvalue weighted by atomic mass is 16.3. The maximum atomic E-state index is 11.7. The molecule has 0 saturated heterocycles. The van der Waals surface area contributed by atoms with Crippen molar-refractivity contribution in [3.8, 4) is 6.07 Å². The van der Waals surface area contributed by atoms with Gasteiger partial charge in [0.25, 0.3) is 0 Å². The molecule has 0 aliphatic heterocycles. The van der Waals surface area contributed by atoms with Gasteiger partial charge in [-0.3, -0.25) is 4.68 Å². The Kier molecular flexibility index (Phi) is 4.52. The normalized spacial score (nSPS) is 50.9. The van der Waals surface area contributed by atoms with E-state index < -0.39 is 5.60 Å². The molecule has 5 nitrogen and oxygen atoms in total. The number of rotatable bonds is 3. The fourth-order valence-corrected chi connectivity index (χ4v) is 10.2. The molecule has 174 valence electrons. The Balaban J connectivity index is 1.21. The van der Waals surface area contributed by atoms with Crippen molar-refractivity contribution in [2.45, 2.75) is 89.9 Å². The van der Waals surface area contributed by atoms with Gasteiger partial charge in [-0.2, -0.15) is 10.4 Å². The lowest BCUT2D eigenvalue weighted by atomic mass is 9.49. The highest BCUT2D eigenvalue weighted by Gasteiger charge is 2.69. The fourth-order valence-electron chi connectivity index (χ4n) is 10.2. The monoisotopic (exact) mass is 437 g/mol. The summed E-state index contributed by atoms with van der Waals surface area (Å²) >= 11 is 0. The molecule has 6 rings (SSSR count). The van der Waals surface area contributed by atoms with Gasteiger partial charge in [-0.05, 0) is 111 Å². The van der Waals surface area contributed by atoms with E-state index in [4.69, 9.17) is 5.26 Å². The van der Waals surface area contributed by atoms with Crippen LogP contribution < -0.4 is 0 Å². The summed E-state index contributed by atoms with van der Waals surface area (Å²) < 4.78 is 1.76. The Labute approximate surface area is 192 Å². The van der Waals surface area contributed by atoms with Crippen LogP contribution in [-0.2, 0) is 6.54 Å². The molecular weight excluding hydrogens is 398 g/mol. The molecule has 5 aliphatic carbocycles. The quantitative estimate of drug-likeness (QED) is 0.735. The zero-order valence-electron chi connectivity index (χ0n) is 19.9. The molecule has 1 aromatic heterocycles. The van der Waals surface area contributed by atoms with Crippen LogP contribution in [0.2, 0.25) is 0 Å². The summed E-state index contributed by atoms with van der Waals surface area (Å²) in [4.78, 5) is 0. The molecule has 2 unspecified atom stereocenters. The van der Waals surface area contributed by atoms with Gasteiger partial charge in [0.15, 0.2) is 0 Å². The van der Waals surface area contributed by atoms with E-state index >= 15 is 0 Å². The Hall–Kier alpha value is -1.38. The number of fused-ring (bicyclic) bond motifs is 7. The van der Waals surface area contributed by atoms with Gasteiger partial charge >= 0.3 is 0 Å². The van der Waals surface area contributed by atoms with Crippen LogP contribution >= 0.6 is 0 Å². The second kappa shape index (κ2) is 6.83. The Morgan fingerprint density at radius 3 is 2.59 bits per heavy atom. The molecular formula is C27H39N3O2. The molecule has 5 heteroatoms. The number of hydrogen-bond donors (Lipinski definition) is 2. The summed E-state index contributed by atoms with van der Waals surface area (Å²) in [5, 5.41) is 36.1. The first-order valence-corrected chi connectivity index (χ1v) is 13.1. The van der Waals surface area contributed by atoms with Gasteiger partial charge in [0, 0.05) is 6.20 Å². The summed E-state index contributed by atoms with van der Waals surface area (Å²) in [6.07, 6.45) is 13.1. The molecule has 32 heavy (non-hydrogen) atoms. The van der Waals surface area contributed by atoms with Crippen molar-refractivity contribution >= 4 is 0 Å². The molecule has 1 heterocycles. The lowest BCUT2D eigenvalue weighted by molar-refractivity contribution is -0.119. The van der Waals surface area contributed by atoms with Gasteiger partial charge in [0.05, 0.1) is 29.5 Å². The van der Waals surface area contributed by atoms with Crippen molar-refractivity contribution in [3.05, 3.63) is 18.0 Å². The number of nitrogens with zero attached hydrogens (tertiary/aromatic N) is 3. The number of aliphatic hydroxyl groups is 2. The third-order valence-electron chi connectivity index (χ3n) is 11.6. The van der Waals surface area contributed by atoms with Crippen molar-refractivity contribution < 1.29 is 10.2 Å². The van der Waals surface area contributed by atoms with E-state index in [1.165, 1.54) is 38.5 Å². The van der Waals surface area contributed by atoms with Crippen molar-refractivity contribution in [2.75, 3.05) is 0 Å². The Morgan fingerprint density at radius 2 is 1.84 bits per heavy atom. The third-order valence-corrected chi connectivity index (χ3v) is 11.6. The van der Waals surface area contributed by atoms with E-state index in [0.29, 0.717) is 29.9 Å². The minimum atomic E-state index is -0.822. The SMILES string of the molecule is CC1C2[C@H]3CC[C@@H]4[C@H](CC[C@@]5(C)[C@H]4CC[C@@H]5[C@](C)(O)Cn4cc(C#N)cn4)[C@H]3CC[C@]12O. The minimum absolute atomic E-state index is 0.186. The maximum absolute atomic E-state index is 11.7. The van der Waals surface area contributed by atoms with E-state index in [-0.39, 0.29) is 16.9 Å². The van der Waals surface area contributed by atoms with E-state index in [1.807, 2.05) is 6.92 Å². The van der Waals surface area contributed by atoms with Crippen LogP contribution in [0, 0.1) is 64.1 Å². The van der Waals surface area contributed by atoms with E-state index in [0.717, 1.165) is 36.5 Å². The van der Waals surface area contributed by atoms with Crippen LogP contribution in [-0.4, -0.2) is 31.2 Å². The van der Waals surface area contributed by atoms with Gasteiger partial charge in [-0.15, -0.1) is 0 Å². The smallest absolute Gasteiger partial charge is 0.102 e. The number of aromatic nitrogens is 2. The number of hydrogen-bond acceptors (Lipinski definition) is 4. The van der Waals surface area contributed by atoms with Gasteiger partial charge in [0.2, 0.25) is 0 Å². The Bertz CT molecular complexity index is 949. The van der Waals surface area contributed by atoms with Crippen LogP contribution in [0.1, 0.15) is 77.7 Å². The molecule has 0 spiro atoms. The molecule has 0 radical (unpaired) electrons. The summed E-state index contributed by atoms with van der Waals surface area (Å²) in [7, 11) is 0. The molecule has 1 aromatic rings. The second-order valence-corrected chi connectivity index (χ2v) is 12.8. The molecule has 0 bridgehead atoms. The van der Waals surface area contributed by atoms with E-state index in [2.05, 4.69) is 25.0 Å². The molecule has 11 atom stereocenters. The highest BCUT2D eigenvalue weighted by molar-refractivity contribution is 5.22. The van der Waals surface area contributed by atoms with Crippen molar-refractivity contribution in [2.24, 2.45) is 52.8 Å². The Morgan fingerprint density at radius 1 is 1.12 bits per heavy atom. The molecule has 5 aliphatic rings. The number of nitriles is 1. The predicted octanol–water partition coefficient (Wildman–Crippen LogP) is 4.38. The van der Waals surface area contributed by atoms with Crippen LogP contribution in [0.15, 0.2) is 12.4 Å². The maximum Gasteiger partial charge on any atom is 0.102 e. The minimum Gasteiger partial charge on any atom is -0.389 e. The topological polar surface area (TPSA) is 82.1 Å². The largest absolute Gasteiger partial charge is 0.389 e. The summed E-state index contributed by atoms with van der Waals surface area (Å²) in [5.41, 5.74) is -0.410. The summed E-state index contributed by atoms with van der Waals surface area (Å²) in [5.74, 6) is 5.27. The predicted molar refractivity (Wildman–Crippen MR) is 121 cm³/mol. The molecule has 5 fully saturated rings. The first-order valence-electron chi connectivity index (χ1n) is 13.1. The van der Waals surface area contributed by atoms with Crippen LogP contribution in [0.5, 0.6) is 0 Å². The third kappa shape index (κ3) is 2.78. The molecule has 5 saturated carbocycles. The van der Waals surface area contributed by atoms with Crippen LogP contribution in [0.3, 0.4) is 0 Å². The van der Waals surface area contributed by atoms with Gasteiger partial charge in [-0.1, -0.05) is 13.8 Å². The molecule has 0 amide bonds. The lowest BCUT2D eigenvalue weighted by Crippen LogP contribution is -2.53. The second-order valence-electron chi connectivity index (χ2n) is 12.8. The van der Waals surface area contributed by atoms with Crippen molar-refractivity contribution in [1.29, 1.82) is 5.26 Å². The molecule has 2 N–H and O–H groups in total. The average molecular weight is 438 g/mol. The molecule has 0 aromatic carbocycles. The van der Waals surface area contributed by atoms with Crippen molar-refractivity contribution in [1.82, 2.24) is 9.78 Å². The standard InChI is InChI=1S/C27H39N3O2/c1-16-24-21-5-4-20-18(19(21)9-11-27(16,24)32)8-10-25(2)22(20)6-7-23(25)26(3,31)15-30-14-17(12-28)13-29-30/h13-14,16,18-24,31-32H,4-11,15H2,1-3H3/t16?,18-,19-,20-,21+,22+,23+,24?,25+,26-,27+/m1/s1. The summed E-state index contributed by atoms with van der Waals surface area (Å²) in [6, 6.07) is 2.14. The highest BCUT2D eigenvalue weighted by Crippen LogP contribution is 2.71. The van der Waals surface area contributed by atoms with Gasteiger partial charge < -0.3 is 10.2 Å². The van der Waals surface area contributed by atoms with Crippen molar-refractivity contribution in [3.63, 3.8) is 0 Å². The zero-order chi connectivity index (χ0) is 22.5. The fraction of sp³-hybridized carbons (Fsp3) is 0.852. The average Bonchev–Trinajstić information content (AvgIpc) is 3.09. The summed E-state index contributed by atoms with van der Waals surface area (Å²) in [6.45, 7) is 7.20. The lowest BCUT2D eigenvalue weighted by Gasteiger charge is -2.57. The van der Waals surface area contributed by atoms with E-state index in [9.17, 15) is 10.2 Å². The van der Waals surface area contributed by atoms with Gasteiger partial charge in [0.1, 0.15) is 6.07 Å². The first kappa shape index (κ1) is 21.2. The van der Waals surface area contributed by atoms with E-state index in [1.54, 1.807) is 17.1 Å². The van der Waals surface area contributed by atoms with Gasteiger partial charge in [-0.25, -0.2) is 0 Å².